The quantitative estimate of drug-likeness (QED) is 0.509. The predicted octanol–water partition coefficient (Wildman–Crippen LogP) is 0.649. The van der Waals surface area contributed by atoms with Gasteiger partial charge in [0.25, 0.3) is 0 Å². The van der Waals surface area contributed by atoms with Gasteiger partial charge in [-0.05, 0) is 6.92 Å². The van der Waals surface area contributed by atoms with Gasteiger partial charge in [0.1, 0.15) is 5.78 Å². The molecule has 42 valence electrons. The molecule has 3 heteroatoms. The Morgan fingerprint density at radius 3 is 1.71 bits per heavy atom. The van der Waals surface area contributed by atoms with E-state index in [1.807, 2.05) is 6.92 Å². The molecule has 0 fully saturated rings. The highest BCUT2D eigenvalue weighted by Crippen LogP contribution is 1.71. The molecule has 0 atom stereocenters. The van der Waals surface area contributed by atoms with Gasteiger partial charge in [-0.1, -0.05) is 6.92 Å². The molecule has 0 heterocycles. The van der Waals surface area contributed by atoms with Crippen molar-refractivity contribution in [1.29, 1.82) is 0 Å². The zero-order chi connectivity index (χ0) is 6.28. The molecular formula is C4H8O2S. The van der Waals surface area contributed by atoms with Crippen LogP contribution in [0, 0.1) is 0 Å². The minimum absolute atomic E-state index is 0.255. The lowest BCUT2D eigenvalue weighted by Gasteiger charge is -1.71. The summed E-state index contributed by atoms with van der Waals surface area (Å²) in [6, 6.07) is 0. The summed E-state index contributed by atoms with van der Waals surface area (Å²) in [5, 5.41) is 0. The first-order valence-electron chi connectivity index (χ1n) is 1.93. The van der Waals surface area contributed by atoms with Crippen LogP contribution in [-0.2, 0) is 17.3 Å². The SMILES string of the molecule is CCC(C)=O.O=S. The molecule has 0 aliphatic rings. The van der Waals surface area contributed by atoms with Crippen molar-refractivity contribution in [2.45, 2.75) is 20.3 Å². The van der Waals surface area contributed by atoms with E-state index in [2.05, 4.69) is 12.5 Å². The van der Waals surface area contributed by atoms with Crippen LogP contribution in [0.4, 0.5) is 0 Å². The second-order valence-corrected chi connectivity index (χ2v) is 1.06. The number of Topliss-reactive ketones (excluding diaryl/α,β-unsaturated/α-hetero) is 1. The van der Waals surface area contributed by atoms with E-state index in [1.165, 1.54) is 0 Å². The van der Waals surface area contributed by atoms with Crippen molar-refractivity contribution >= 4 is 18.3 Å². The first kappa shape index (κ1) is 9.85. The Kier molecular flexibility index (Phi) is 12.9. The highest BCUT2D eigenvalue weighted by atomic mass is 32.1. The number of carbonyl (C=O) groups excluding carboxylic acids is 1. The van der Waals surface area contributed by atoms with Gasteiger partial charge in [-0.2, -0.15) is 4.21 Å². The molecule has 0 rings (SSSR count). The van der Waals surface area contributed by atoms with Crippen molar-refractivity contribution in [2.75, 3.05) is 0 Å². The molecule has 0 aromatic heterocycles. The van der Waals surface area contributed by atoms with Gasteiger partial charge in [0, 0.05) is 6.42 Å². The zero-order valence-electron chi connectivity index (χ0n) is 4.43. The Morgan fingerprint density at radius 1 is 1.57 bits per heavy atom. The zero-order valence-corrected chi connectivity index (χ0v) is 5.25. The van der Waals surface area contributed by atoms with Gasteiger partial charge in [0.05, 0.1) is 0 Å². The van der Waals surface area contributed by atoms with Crippen molar-refractivity contribution in [3.8, 4) is 0 Å². The van der Waals surface area contributed by atoms with Gasteiger partial charge < -0.3 is 4.79 Å². The van der Waals surface area contributed by atoms with Crippen LogP contribution in [0.2, 0.25) is 0 Å². The van der Waals surface area contributed by atoms with Crippen molar-refractivity contribution < 1.29 is 9.00 Å². The van der Waals surface area contributed by atoms with Gasteiger partial charge >= 0.3 is 0 Å². The van der Waals surface area contributed by atoms with Crippen molar-refractivity contribution in [2.24, 2.45) is 0 Å². The molecule has 0 radical (unpaired) electrons. The molecule has 0 aromatic rings. The number of ketones is 1. The van der Waals surface area contributed by atoms with Crippen LogP contribution in [0.25, 0.3) is 0 Å². The second-order valence-electron chi connectivity index (χ2n) is 1.06. The van der Waals surface area contributed by atoms with E-state index in [0.29, 0.717) is 6.42 Å². The van der Waals surface area contributed by atoms with E-state index < -0.39 is 0 Å². The van der Waals surface area contributed by atoms with Gasteiger partial charge in [-0.15, -0.1) is 0 Å². The van der Waals surface area contributed by atoms with E-state index in [9.17, 15) is 4.79 Å². The topological polar surface area (TPSA) is 34.1 Å². The molecule has 0 aliphatic heterocycles. The fraction of sp³-hybridized carbons (Fsp3) is 0.750. The fourth-order valence-corrected chi connectivity index (χ4v) is 0. The third-order valence-corrected chi connectivity index (χ3v) is 0.498. The Hall–Kier alpha value is -0.310. The summed E-state index contributed by atoms with van der Waals surface area (Å²) < 4.78 is 7.83. The van der Waals surface area contributed by atoms with Crippen LogP contribution >= 0.6 is 0 Å². The monoisotopic (exact) mass is 120 g/mol. The minimum atomic E-state index is 0.255. The van der Waals surface area contributed by atoms with Crippen LogP contribution in [-0.4, -0.2) is 9.99 Å². The lowest BCUT2D eigenvalue weighted by Crippen LogP contribution is -1.80. The highest BCUT2D eigenvalue weighted by molar-refractivity contribution is 7.44. The Labute approximate surface area is 48.4 Å². The lowest BCUT2D eigenvalue weighted by molar-refractivity contribution is -0.116. The van der Waals surface area contributed by atoms with E-state index in [1.54, 1.807) is 6.92 Å². The van der Waals surface area contributed by atoms with Crippen molar-refractivity contribution in [1.82, 2.24) is 0 Å². The Morgan fingerprint density at radius 2 is 1.71 bits per heavy atom. The summed E-state index contributed by atoms with van der Waals surface area (Å²) in [5.74, 6) is 0.255. The third-order valence-electron chi connectivity index (χ3n) is 0.498. The van der Waals surface area contributed by atoms with Crippen LogP contribution in [0.5, 0.6) is 0 Å². The smallest absolute Gasteiger partial charge is 0.197 e. The number of hydrogen-bond acceptors (Lipinski definition) is 3. The van der Waals surface area contributed by atoms with Gasteiger partial charge in [0.15, 0.2) is 12.5 Å². The fourth-order valence-electron chi connectivity index (χ4n) is 0. The molecule has 2 nitrogen and oxygen atoms in total. The first-order chi connectivity index (χ1) is 3.27. The van der Waals surface area contributed by atoms with Gasteiger partial charge in [0.2, 0.25) is 0 Å². The summed E-state index contributed by atoms with van der Waals surface area (Å²) in [5.41, 5.74) is 0. The minimum Gasteiger partial charge on any atom is -0.300 e. The molecule has 0 saturated carbocycles. The third kappa shape index (κ3) is 27.1. The van der Waals surface area contributed by atoms with E-state index in [4.69, 9.17) is 4.21 Å². The molecule has 0 bridgehead atoms. The number of carbonyl (C=O) groups is 1. The molecule has 0 aromatic carbocycles. The summed E-state index contributed by atoms with van der Waals surface area (Å²) in [6.45, 7) is 3.43. The molecule has 0 aliphatic carbocycles. The molecule has 0 amide bonds. The predicted molar refractivity (Wildman–Crippen MR) is 29.1 cm³/mol. The lowest BCUT2D eigenvalue weighted by atomic mass is 10.4. The van der Waals surface area contributed by atoms with Crippen LogP contribution < -0.4 is 0 Å². The van der Waals surface area contributed by atoms with E-state index in [-0.39, 0.29) is 5.78 Å². The highest BCUT2D eigenvalue weighted by Gasteiger charge is 1.76. The molecule has 0 saturated heterocycles. The van der Waals surface area contributed by atoms with Crippen molar-refractivity contribution in [3.05, 3.63) is 0 Å². The molecular weight excluding hydrogens is 112 g/mol. The Bertz CT molecular complexity index is 53.7. The second kappa shape index (κ2) is 9.19. The Balaban J connectivity index is 0. The maximum absolute atomic E-state index is 9.81. The number of rotatable bonds is 1. The first-order valence-corrected chi connectivity index (χ1v) is 2.26. The molecule has 0 N–H and O–H groups in total. The van der Waals surface area contributed by atoms with E-state index in [0.717, 1.165) is 0 Å². The van der Waals surface area contributed by atoms with Crippen LogP contribution in [0.15, 0.2) is 0 Å². The van der Waals surface area contributed by atoms with Crippen LogP contribution in [0.3, 0.4) is 0 Å². The van der Waals surface area contributed by atoms with Crippen LogP contribution in [0.1, 0.15) is 20.3 Å². The normalized spacial score (nSPS) is 6.00. The summed E-state index contributed by atoms with van der Waals surface area (Å²) in [7, 11) is 0. The largest absolute Gasteiger partial charge is 0.300 e. The maximum Gasteiger partial charge on any atom is 0.197 e. The summed E-state index contributed by atoms with van der Waals surface area (Å²) in [4.78, 5) is 9.81. The number of hydrogen-bond donors (Lipinski definition) is 0. The summed E-state index contributed by atoms with van der Waals surface area (Å²) in [6.07, 6.45) is 0.667. The maximum atomic E-state index is 9.81. The summed E-state index contributed by atoms with van der Waals surface area (Å²) >= 11 is 2.83. The standard InChI is InChI=1S/C4H8O.OS/c1-3-4(2)5;1-2/h3H2,1-2H3;. The van der Waals surface area contributed by atoms with Gasteiger partial charge in [-0.3, -0.25) is 0 Å². The molecule has 7 heavy (non-hydrogen) atoms. The van der Waals surface area contributed by atoms with Crippen molar-refractivity contribution in [3.63, 3.8) is 0 Å². The molecule has 0 unspecified atom stereocenters. The average Bonchev–Trinajstić information content (AvgIpc) is 1.73. The van der Waals surface area contributed by atoms with Gasteiger partial charge in [-0.25, -0.2) is 0 Å². The molecule has 0 spiro atoms. The average molecular weight is 120 g/mol. The van der Waals surface area contributed by atoms with E-state index >= 15 is 0 Å².